The molecule has 146 valence electrons. The number of amides is 1. The minimum Gasteiger partial charge on any atom is -0.381 e. The summed E-state index contributed by atoms with van der Waals surface area (Å²) in [6.45, 7) is 4.02. The summed E-state index contributed by atoms with van der Waals surface area (Å²) in [5, 5.41) is 6.35. The number of carbonyl (C=O) groups is 1. The van der Waals surface area contributed by atoms with E-state index in [4.69, 9.17) is 4.74 Å². The molecule has 1 aliphatic heterocycles. The molecule has 25 heavy (non-hydrogen) atoms. The molecule has 0 spiro atoms. The minimum atomic E-state index is 0. The number of nitrogens with zero attached hydrogens (tertiary/aromatic N) is 2. The molecular formula is C18H35IN4O2. The van der Waals surface area contributed by atoms with Crippen LogP contribution in [0.1, 0.15) is 44.9 Å². The summed E-state index contributed by atoms with van der Waals surface area (Å²) in [5.41, 5.74) is 0. The van der Waals surface area contributed by atoms with Crippen LogP contribution in [0.15, 0.2) is 4.99 Å². The molecule has 2 aliphatic rings. The van der Waals surface area contributed by atoms with Gasteiger partial charge >= 0.3 is 0 Å². The molecule has 7 heteroatoms. The first kappa shape index (κ1) is 22.5. The Balaban J connectivity index is 0.00000312. The van der Waals surface area contributed by atoms with Gasteiger partial charge in [0.25, 0.3) is 0 Å². The van der Waals surface area contributed by atoms with Crippen LogP contribution < -0.4 is 10.6 Å². The van der Waals surface area contributed by atoms with Crippen molar-refractivity contribution in [2.75, 3.05) is 46.9 Å². The third kappa shape index (κ3) is 8.57. The maximum absolute atomic E-state index is 12.0. The van der Waals surface area contributed by atoms with Gasteiger partial charge < -0.3 is 20.3 Å². The summed E-state index contributed by atoms with van der Waals surface area (Å²) in [5.74, 6) is 2.25. The van der Waals surface area contributed by atoms with Crippen LogP contribution in [0.4, 0.5) is 0 Å². The number of guanidine groups is 1. The number of halogens is 1. The number of nitrogens with one attached hydrogen (secondary N) is 2. The molecule has 1 heterocycles. The molecule has 6 nitrogen and oxygen atoms in total. The van der Waals surface area contributed by atoms with Gasteiger partial charge in [0.15, 0.2) is 5.96 Å². The van der Waals surface area contributed by atoms with Crippen molar-refractivity contribution in [3.63, 3.8) is 0 Å². The Kier molecular flexibility index (Phi) is 11.4. The summed E-state index contributed by atoms with van der Waals surface area (Å²) in [6.07, 6.45) is 8.15. The number of hydrogen-bond donors (Lipinski definition) is 2. The second kappa shape index (κ2) is 12.7. The number of carbonyl (C=O) groups excluding carboxylic acids is 1. The first-order valence-corrected chi connectivity index (χ1v) is 9.45. The van der Waals surface area contributed by atoms with Crippen LogP contribution in [-0.2, 0) is 9.53 Å². The second-order valence-corrected chi connectivity index (χ2v) is 7.14. The maximum Gasteiger partial charge on any atom is 0.220 e. The number of rotatable bonds is 7. The van der Waals surface area contributed by atoms with Crippen LogP contribution >= 0.6 is 24.0 Å². The van der Waals surface area contributed by atoms with Crippen LogP contribution in [-0.4, -0.2) is 63.7 Å². The predicted octanol–water partition coefficient (Wildman–Crippen LogP) is 2.23. The lowest BCUT2D eigenvalue weighted by Crippen LogP contribution is -2.44. The maximum atomic E-state index is 12.0. The van der Waals surface area contributed by atoms with Gasteiger partial charge in [-0.15, -0.1) is 24.0 Å². The first-order valence-electron chi connectivity index (χ1n) is 9.45. The van der Waals surface area contributed by atoms with Crippen molar-refractivity contribution in [3.05, 3.63) is 0 Å². The topological polar surface area (TPSA) is 66.0 Å². The molecule has 1 aliphatic carbocycles. The van der Waals surface area contributed by atoms with Gasteiger partial charge in [-0.2, -0.15) is 0 Å². The lowest BCUT2D eigenvalue weighted by molar-refractivity contribution is -0.122. The molecule has 0 radical (unpaired) electrons. The highest BCUT2D eigenvalue weighted by Crippen LogP contribution is 2.25. The van der Waals surface area contributed by atoms with E-state index in [2.05, 4.69) is 27.6 Å². The number of hydrogen-bond acceptors (Lipinski definition) is 3. The summed E-state index contributed by atoms with van der Waals surface area (Å²) in [7, 11) is 3.85. The Morgan fingerprint density at radius 3 is 2.48 bits per heavy atom. The zero-order chi connectivity index (χ0) is 17.2. The zero-order valence-corrected chi connectivity index (χ0v) is 18.1. The van der Waals surface area contributed by atoms with Gasteiger partial charge in [-0.25, -0.2) is 0 Å². The summed E-state index contributed by atoms with van der Waals surface area (Å²) in [4.78, 5) is 18.5. The van der Waals surface area contributed by atoms with Gasteiger partial charge in [-0.3, -0.25) is 9.79 Å². The van der Waals surface area contributed by atoms with E-state index < -0.39 is 0 Å². The Morgan fingerprint density at radius 2 is 1.84 bits per heavy atom. The van der Waals surface area contributed by atoms with Crippen molar-refractivity contribution in [1.82, 2.24) is 15.5 Å². The average Bonchev–Trinajstić information content (AvgIpc) is 3.08. The van der Waals surface area contributed by atoms with Crippen molar-refractivity contribution in [2.24, 2.45) is 16.8 Å². The van der Waals surface area contributed by atoms with Gasteiger partial charge in [-0.05, 0) is 25.2 Å². The SMILES string of the molecule is CN=C(NCCNC(=O)CC1CCCCC1)N(C)CC1CCOC1.I. The molecule has 2 fully saturated rings. The van der Waals surface area contributed by atoms with Crippen molar-refractivity contribution in [2.45, 2.75) is 44.9 Å². The fourth-order valence-corrected chi connectivity index (χ4v) is 3.69. The van der Waals surface area contributed by atoms with Crippen LogP contribution in [0.5, 0.6) is 0 Å². The van der Waals surface area contributed by atoms with Gasteiger partial charge in [0, 0.05) is 52.7 Å². The van der Waals surface area contributed by atoms with Crippen molar-refractivity contribution in [1.29, 1.82) is 0 Å². The Morgan fingerprint density at radius 1 is 1.12 bits per heavy atom. The summed E-state index contributed by atoms with van der Waals surface area (Å²) in [6, 6.07) is 0. The largest absolute Gasteiger partial charge is 0.381 e. The molecule has 0 aromatic heterocycles. The normalized spacial score (nSPS) is 21.5. The average molecular weight is 466 g/mol. The van der Waals surface area contributed by atoms with E-state index in [-0.39, 0.29) is 29.9 Å². The predicted molar refractivity (Wildman–Crippen MR) is 113 cm³/mol. The van der Waals surface area contributed by atoms with Crippen molar-refractivity contribution < 1.29 is 9.53 Å². The third-order valence-corrected chi connectivity index (χ3v) is 5.06. The van der Waals surface area contributed by atoms with E-state index in [1.54, 1.807) is 7.05 Å². The Bertz CT molecular complexity index is 408. The fourth-order valence-electron chi connectivity index (χ4n) is 3.69. The monoisotopic (exact) mass is 466 g/mol. The van der Waals surface area contributed by atoms with E-state index in [0.717, 1.165) is 32.1 Å². The van der Waals surface area contributed by atoms with E-state index in [9.17, 15) is 4.79 Å². The van der Waals surface area contributed by atoms with Crippen LogP contribution in [0, 0.1) is 11.8 Å². The molecule has 1 saturated carbocycles. The minimum absolute atomic E-state index is 0. The van der Waals surface area contributed by atoms with E-state index in [1.165, 1.54) is 32.1 Å². The van der Waals surface area contributed by atoms with Crippen molar-refractivity contribution >= 4 is 35.8 Å². The van der Waals surface area contributed by atoms with Crippen LogP contribution in [0.3, 0.4) is 0 Å². The quantitative estimate of drug-likeness (QED) is 0.262. The third-order valence-electron chi connectivity index (χ3n) is 5.06. The lowest BCUT2D eigenvalue weighted by Gasteiger charge is -2.24. The molecular weight excluding hydrogens is 431 g/mol. The Hall–Kier alpha value is -0.570. The molecule has 1 atom stereocenters. The highest BCUT2D eigenvalue weighted by molar-refractivity contribution is 14.0. The van der Waals surface area contributed by atoms with Gasteiger partial charge in [0.05, 0.1) is 6.61 Å². The lowest BCUT2D eigenvalue weighted by atomic mass is 9.87. The molecule has 1 unspecified atom stereocenters. The molecule has 2 N–H and O–H groups in total. The van der Waals surface area contributed by atoms with E-state index in [0.29, 0.717) is 31.3 Å². The van der Waals surface area contributed by atoms with Crippen molar-refractivity contribution in [3.8, 4) is 0 Å². The Labute approximate surface area is 169 Å². The summed E-state index contributed by atoms with van der Waals surface area (Å²) < 4.78 is 5.42. The standard InChI is InChI=1S/C18H34N4O2.HI/c1-19-18(22(2)13-16-8-11-24-14-16)21-10-9-20-17(23)12-15-6-4-3-5-7-15;/h15-16H,3-14H2,1-2H3,(H,19,21)(H,20,23);1H. The van der Waals surface area contributed by atoms with Crippen LogP contribution in [0.25, 0.3) is 0 Å². The second-order valence-electron chi connectivity index (χ2n) is 7.14. The highest BCUT2D eigenvalue weighted by Gasteiger charge is 2.19. The van der Waals surface area contributed by atoms with Gasteiger partial charge in [-0.1, -0.05) is 19.3 Å². The van der Waals surface area contributed by atoms with E-state index in [1.807, 2.05) is 0 Å². The molecule has 0 bridgehead atoms. The van der Waals surface area contributed by atoms with Gasteiger partial charge in [0.2, 0.25) is 5.91 Å². The zero-order valence-electron chi connectivity index (χ0n) is 15.8. The molecule has 0 aromatic rings. The number of aliphatic imine (C=N–C) groups is 1. The smallest absolute Gasteiger partial charge is 0.220 e. The summed E-state index contributed by atoms with van der Waals surface area (Å²) >= 11 is 0. The first-order chi connectivity index (χ1) is 11.7. The van der Waals surface area contributed by atoms with Gasteiger partial charge in [0.1, 0.15) is 0 Å². The van der Waals surface area contributed by atoms with E-state index >= 15 is 0 Å². The molecule has 2 rings (SSSR count). The number of ether oxygens (including phenoxy) is 1. The molecule has 0 aromatic carbocycles. The van der Waals surface area contributed by atoms with Crippen LogP contribution in [0.2, 0.25) is 0 Å². The fraction of sp³-hybridized carbons (Fsp3) is 0.889. The molecule has 1 amide bonds. The molecule has 1 saturated heterocycles. The highest BCUT2D eigenvalue weighted by atomic mass is 127.